The normalized spacial score (nSPS) is 19.1. The molecule has 1 aliphatic heterocycles. The van der Waals surface area contributed by atoms with E-state index in [9.17, 15) is 5.11 Å². The molecule has 2 aromatic rings. The number of hydrogen-bond acceptors (Lipinski definition) is 4. The number of aryl methyl sites for hydroxylation is 2. The molecule has 3 rings (SSSR count). The fourth-order valence-corrected chi connectivity index (χ4v) is 4.25. The number of aliphatic hydroxyl groups excluding tert-OH is 1. The maximum Gasteiger partial charge on any atom is 0.0695 e. The van der Waals surface area contributed by atoms with Crippen LogP contribution in [-0.2, 0) is 6.54 Å². The van der Waals surface area contributed by atoms with Crippen LogP contribution in [-0.4, -0.2) is 63.5 Å². The maximum atomic E-state index is 9.53. The molecule has 0 amide bonds. The van der Waals surface area contributed by atoms with Crippen molar-refractivity contribution in [2.75, 3.05) is 32.8 Å². The van der Waals surface area contributed by atoms with Crippen molar-refractivity contribution in [3.8, 4) is 5.69 Å². The summed E-state index contributed by atoms with van der Waals surface area (Å²) in [4.78, 5) is 5.11. The zero-order valence-corrected chi connectivity index (χ0v) is 17.2. The predicted octanol–water partition coefficient (Wildman–Crippen LogP) is 3.01. The van der Waals surface area contributed by atoms with Crippen LogP contribution < -0.4 is 0 Å². The van der Waals surface area contributed by atoms with Gasteiger partial charge in [-0.3, -0.25) is 9.80 Å². The fourth-order valence-electron chi connectivity index (χ4n) is 4.25. The SMILES string of the molecule is Cc1cc(C)c(CN2CCN(CC(C)C)C(CCO)C2)c(-n2cccn2)c1. The van der Waals surface area contributed by atoms with Crippen LogP contribution in [0.2, 0.25) is 0 Å². The van der Waals surface area contributed by atoms with E-state index in [0.717, 1.165) is 39.1 Å². The van der Waals surface area contributed by atoms with E-state index in [4.69, 9.17) is 0 Å². The van der Waals surface area contributed by atoms with Crippen LogP contribution >= 0.6 is 0 Å². The first kappa shape index (κ1) is 20.1. The molecule has 1 N–H and O–H groups in total. The summed E-state index contributed by atoms with van der Waals surface area (Å²) in [5.74, 6) is 0.656. The lowest BCUT2D eigenvalue weighted by molar-refractivity contribution is 0.0476. The Morgan fingerprint density at radius 2 is 2.04 bits per heavy atom. The van der Waals surface area contributed by atoms with Crippen LogP contribution in [0.1, 0.15) is 37.0 Å². The zero-order valence-electron chi connectivity index (χ0n) is 17.2. The lowest BCUT2D eigenvalue weighted by atomic mass is 10.0. The Labute approximate surface area is 163 Å². The first-order valence-electron chi connectivity index (χ1n) is 10.1. The first-order valence-corrected chi connectivity index (χ1v) is 10.1. The lowest BCUT2D eigenvalue weighted by Gasteiger charge is -2.42. The van der Waals surface area contributed by atoms with Gasteiger partial charge in [-0.25, -0.2) is 4.68 Å². The maximum absolute atomic E-state index is 9.53. The standard InChI is InChI=1S/C22H34N4O/c1-17(2)14-25-10-9-24(15-20(25)6-11-27)16-21-19(4)12-18(3)13-22(21)26-8-5-7-23-26/h5,7-8,12-13,17,20,27H,6,9-11,14-16H2,1-4H3. The smallest absolute Gasteiger partial charge is 0.0695 e. The highest BCUT2D eigenvalue weighted by molar-refractivity contribution is 5.48. The minimum absolute atomic E-state index is 0.259. The summed E-state index contributed by atoms with van der Waals surface area (Å²) < 4.78 is 1.98. The Balaban J connectivity index is 1.79. The first-order chi connectivity index (χ1) is 13.0. The average Bonchev–Trinajstić information content (AvgIpc) is 3.13. The van der Waals surface area contributed by atoms with Gasteiger partial charge in [0.05, 0.1) is 5.69 Å². The average molecular weight is 371 g/mol. The van der Waals surface area contributed by atoms with Crippen LogP contribution in [0.4, 0.5) is 0 Å². The lowest BCUT2D eigenvalue weighted by Crippen LogP contribution is -2.54. The van der Waals surface area contributed by atoms with Crippen molar-refractivity contribution in [2.24, 2.45) is 5.92 Å². The summed E-state index contributed by atoms with van der Waals surface area (Å²) in [7, 11) is 0. The molecule has 5 heteroatoms. The van der Waals surface area contributed by atoms with Crippen LogP contribution in [0.5, 0.6) is 0 Å². The number of rotatable bonds is 7. The van der Waals surface area contributed by atoms with Crippen LogP contribution in [0, 0.1) is 19.8 Å². The molecule has 0 radical (unpaired) electrons. The molecule has 0 aliphatic carbocycles. The Morgan fingerprint density at radius 3 is 2.70 bits per heavy atom. The van der Waals surface area contributed by atoms with Gasteiger partial charge in [-0.2, -0.15) is 5.10 Å². The quantitative estimate of drug-likeness (QED) is 0.814. The molecule has 2 heterocycles. The monoisotopic (exact) mass is 370 g/mol. The fraction of sp³-hybridized carbons (Fsp3) is 0.591. The Hall–Kier alpha value is -1.69. The van der Waals surface area contributed by atoms with E-state index in [1.807, 2.05) is 23.1 Å². The third kappa shape index (κ3) is 4.98. The van der Waals surface area contributed by atoms with Crippen molar-refractivity contribution >= 4 is 0 Å². The summed E-state index contributed by atoms with van der Waals surface area (Å²) >= 11 is 0. The van der Waals surface area contributed by atoms with Crippen molar-refractivity contribution in [3.63, 3.8) is 0 Å². The van der Waals surface area contributed by atoms with E-state index in [1.165, 1.54) is 22.4 Å². The number of aliphatic hydroxyl groups is 1. The summed E-state index contributed by atoms with van der Waals surface area (Å²) in [6.07, 6.45) is 4.71. The van der Waals surface area contributed by atoms with Gasteiger partial charge in [-0.1, -0.05) is 19.9 Å². The molecular weight excluding hydrogens is 336 g/mol. The third-order valence-electron chi connectivity index (χ3n) is 5.48. The molecule has 1 aromatic heterocycles. The highest BCUT2D eigenvalue weighted by atomic mass is 16.3. The second-order valence-corrected chi connectivity index (χ2v) is 8.32. The minimum atomic E-state index is 0.259. The van der Waals surface area contributed by atoms with Crippen LogP contribution in [0.3, 0.4) is 0 Å². The molecule has 1 atom stereocenters. The Kier molecular flexibility index (Phi) is 6.68. The van der Waals surface area contributed by atoms with Gasteiger partial charge >= 0.3 is 0 Å². The molecule has 1 aromatic carbocycles. The van der Waals surface area contributed by atoms with Gasteiger partial charge in [0.1, 0.15) is 0 Å². The topological polar surface area (TPSA) is 44.5 Å². The van der Waals surface area contributed by atoms with Crippen molar-refractivity contribution in [1.29, 1.82) is 0 Å². The van der Waals surface area contributed by atoms with Gasteiger partial charge < -0.3 is 5.11 Å². The molecule has 148 valence electrons. The van der Waals surface area contributed by atoms with Gasteiger partial charge in [0.15, 0.2) is 0 Å². The van der Waals surface area contributed by atoms with E-state index in [-0.39, 0.29) is 6.61 Å². The van der Waals surface area contributed by atoms with E-state index in [1.54, 1.807) is 0 Å². The molecule has 5 nitrogen and oxygen atoms in total. The Bertz CT molecular complexity index is 726. The second kappa shape index (κ2) is 9.00. The molecule has 1 unspecified atom stereocenters. The van der Waals surface area contributed by atoms with Crippen LogP contribution in [0.25, 0.3) is 5.69 Å². The molecule has 0 spiro atoms. The van der Waals surface area contributed by atoms with Crippen molar-refractivity contribution < 1.29 is 5.11 Å². The van der Waals surface area contributed by atoms with Gasteiger partial charge in [0.2, 0.25) is 0 Å². The molecule has 0 saturated carbocycles. The highest BCUT2D eigenvalue weighted by Gasteiger charge is 2.27. The molecule has 0 bridgehead atoms. The summed E-state index contributed by atoms with van der Waals surface area (Å²) in [6.45, 7) is 14.4. The largest absolute Gasteiger partial charge is 0.396 e. The summed E-state index contributed by atoms with van der Waals surface area (Å²) in [5.41, 5.74) is 5.12. The summed E-state index contributed by atoms with van der Waals surface area (Å²) in [6, 6.07) is 6.91. The van der Waals surface area contributed by atoms with Crippen molar-refractivity contribution in [2.45, 2.75) is 46.7 Å². The number of piperazine rings is 1. The van der Waals surface area contributed by atoms with Crippen LogP contribution in [0.15, 0.2) is 30.6 Å². The van der Waals surface area contributed by atoms with E-state index < -0.39 is 0 Å². The van der Waals surface area contributed by atoms with Crippen molar-refractivity contribution in [1.82, 2.24) is 19.6 Å². The van der Waals surface area contributed by atoms with Gasteiger partial charge in [0.25, 0.3) is 0 Å². The van der Waals surface area contributed by atoms with Gasteiger partial charge in [-0.05, 0) is 55.0 Å². The molecule has 1 aliphatic rings. The Morgan fingerprint density at radius 1 is 1.22 bits per heavy atom. The second-order valence-electron chi connectivity index (χ2n) is 8.32. The molecule has 1 fully saturated rings. The molecule has 1 saturated heterocycles. The number of nitrogens with zero attached hydrogens (tertiary/aromatic N) is 4. The number of hydrogen-bond donors (Lipinski definition) is 1. The van der Waals surface area contributed by atoms with Crippen molar-refractivity contribution in [3.05, 3.63) is 47.3 Å². The van der Waals surface area contributed by atoms with Gasteiger partial charge in [0, 0.05) is 57.8 Å². The molecule has 27 heavy (non-hydrogen) atoms. The predicted molar refractivity (Wildman–Crippen MR) is 110 cm³/mol. The zero-order chi connectivity index (χ0) is 19.4. The highest BCUT2D eigenvalue weighted by Crippen LogP contribution is 2.24. The third-order valence-corrected chi connectivity index (χ3v) is 5.48. The van der Waals surface area contributed by atoms with E-state index in [0.29, 0.717) is 12.0 Å². The van der Waals surface area contributed by atoms with E-state index >= 15 is 0 Å². The number of aromatic nitrogens is 2. The number of benzene rings is 1. The van der Waals surface area contributed by atoms with Gasteiger partial charge in [-0.15, -0.1) is 0 Å². The molecular formula is C22H34N4O. The summed E-state index contributed by atoms with van der Waals surface area (Å²) in [5, 5.41) is 14.0. The minimum Gasteiger partial charge on any atom is -0.396 e. The van der Waals surface area contributed by atoms with E-state index in [2.05, 4.69) is 54.7 Å².